The Kier molecular flexibility index (Phi) is 4.49. The molecule has 2 N–H and O–H groups in total. The highest BCUT2D eigenvalue weighted by molar-refractivity contribution is 9.10. The molecule has 0 spiro atoms. The Hall–Kier alpha value is -1.75. The second-order valence-electron chi connectivity index (χ2n) is 4.54. The van der Waals surface area contributed by atoms with Crippen molar-refractivity contribution in [3.63, 3.8) is 0 Å². The number of ether oxygens (including phenoxy) is 2. The van der Waals surface area contributed by atoms with Crippen LogP contribution in [0.15, 0.2) is 40.9 Å². The van der Waals surface area contributed by atoms with Gasteiger partial charge in [-0.2, -0.15) is 0 Å². The molecular weight excluding hydrogens is 325 g/mol. The van der Waals surface area contributed by atoms with Gasteiger partial charge in [-0.1, -0.05) is 15.9 Å². The van der Waals surface area contributed by atoms with Crippen molar-refractivity contribution < 1.29 is 13.9 Å². The predicted molar refractivity (Wildman–Crippen MR) is 80.8 cm³/mol. The number of nitrogen functional groups attached to an aromatic ring is 1. The maximum atomic E-state index is 13.7. The molecule has 2 aromatic carbocycles. The SMILES string of the molecule is CC(C)Oc1cc(Oc2ccc(Br)cc2F)ccc1N. The molecule has 0 saturated carbocycles. The lowest BCUT2D eigenvalue weighted by Gasteiger charge is -2.14. The Bertz CT molecular complexity index is 617. The lowest BCUT2D eigenvalue weighted by Crippen LogP contribution is -2.07. The predicted octanol–water partition coefficient (Wildman–Crippen LogP) is 4.75. The molecule has 0 bridgehead atoms. The van der Waals surface area contributed by atoms with E-state index in [-0.39, 0.29) is 11.9 Å². The van der Waals surface area contributed by atoms with Crippen molar-refractivity contribution >= 4 is 21.6 Å². The molecule has 0 radical (unpaired) electrons. The van der Waals surface area contributed by atoms with Gasteiger partial charge in [0, 0.05) is 10.5 Å². The van der Waals surface area contributed by atoms with Crippen molar-refractivity contribution in [3.8, 4) is 17.2 Å². The molecule has 2 aromatic rings. The summed E-state index contributed by atoms with van der Waals surface area (Å²) >= 11 is 3.20. The maximum absolute atomic E-state index is 13.7. The van der Waals surface area contributed by atoms with E-state index >= 15 is 0 Å². The monoisotopic (exact) mass is 339 g/mol. The van der Waals surface area contributed by atoms with E-state index in [4.69, 9.17) is 15.2 Å². The number of hydrogen-bond acceptors (Lipinski definition) is 3. The van der Waals surface area contributed by atoms with Crippen LogP contribution in [0.5, 0.6) is 17.2 Å². The minimum atomic E-state index is -0.442. The van der Waals surface area contributed by atoms with Crippen LogP contribution in [0, 0.1) is 5.82 Å². The Morgan fingerprint density at radius 3 is 2.50 bits per heavy atom. The lowest BCUT2D eigenvalue weighted by molar-refractivity contribution is 0.243. The number of nitrogens with two attached hydrogens (primary N) is 1. The summed E-state index contributed by atoms with van der Waals surface area (Å²) in [6.07, 6.45) is -0.00281. The van der Waals surface area contributed by atoms with Gasteiger partial charge in [-0.25, -0.2) is 4.39 Å². The number of benzene rings is 2. The highest BCUT2D eigenvalue weighted by Gasteiger charge is 2.09. The first-order valence-corrected chi connectivity index (χ1v) is 6.94. The van der Waals surface area contributed by atoms with Crippen LogP contribution in [0.3, 0.4) is 0 Å². The first-order valence-electron chi connectivity index (χ1n) is 6.15. The van der Waals surface area contributed by atoms with E-state index in [1.54, 1.807) is 30.3 Å². The van der Waals surface area contributed by atoms with E-state index in [1.807, 2.05) is 13.8 Å². The summed E-state index contributed by atoms with van der Waals surface area (Å²) < 4.78 is 25.4. The second-order valence-corrected chi connectivity index (χ2v) is 5.46. The largest absolute Gasteiger partial charge is 0.489 e. The molecule has 0 aliphatic rings. The summed E-state index contributed by atoms with van der Waals surface area (Å²) in [7, 11) is 0. The summed E-state index contributed by atoms with van der Waals surface area (Å²) in [4.78, 5) is 0. The number of anilines is 1. The van der Waals surface area contributed by atoms with Crippen molar-refractivity contribution in [1.29, 1.82) is 0 Å². The summed E-state index contributed by atoms with van der Waals surface area (Å²) in [5.41, 5.74) is 6.34. The molecule has 0 saturated heterocycles. The molecule has 5 heteroatoms. The lowest BCUT2D eigenvalue weighted by atomic mass is 10.2. The van der Waals surface area contributed by atoms with Crippen molar-refractivity contribution in [3.05, 3.63) is 46.7 Å². The minimum Gasteiger partial charge on any atom is -0.489 e. The molecule has 0 atom stereocenters. The van der Waals surface area contributed by atoms with E-state index in [0.717, 1.165) is 0 Å². The van der Waals surface area contributed by atoms with Gasteiger partial charge in [0.1, 0.15) is 11.5 Å². The van der Waals surface area contributed by atoms with Crippen LogP contribution >= 0.6 is 15.9 Å². The fourth-order valence-electron chi connectivity index (χ4n) is 1.62. The molecule has 20 heavy (non-hydrogen) atoms. The zero-order valence-electron chi connectivity index (χ0n) is 11.2. The van der Waals surface area contributed by atoms with Crippen LogP contribution in [-0.2, 0) is 0 Å². The number of hydrogen-bond donors (Lipinski definition) is 1. The zero-order valence-corrected chi connectivity index (χ0v) is 12.8. The third-order valence-electron chi connectivity index (χ3n) is 2.47. The molecule has 0 aromatic heterocycles. The molecule has 0 heterocycles. The molecule has 0 aliphatic carbocycles. The van der Waals surface area contributed by atoms with Gasteiger partial charge in [0.15, 0.2) is 11.6 Å². The quantitative estimate of drug-likeness (QED) is 0.817. The Balaban J connectivity index is 2.25. The van der Waals surface area contributed by atoms with Gasteiger partial charge in [-0.3, -0.25) is 0 Å². The molecule has 3 nitrogen and oxygen atoms in total. The van der Waals surface area contributed by atoms with E-state index in [9.17, 15) is 4.39 Å². The summed E-state index contributed by atoms with van der Waals surface area (Å²) in [6, 6.07) is 9.60. The van der Waals surface area contributed by atoms with E-state index in [2.05, 4.69) is 15.9 Å². The van der Waals surface area contributed by atoms with Crippen molar-refractivity contribution in [2.24, 2.45) is 0 Å². The average molecular weight is 340 g/mol. The zero-order chi connectivity index (χ0) is 14.7. The van der Waals surface area contributed by atoms with Gasteiger partial charge in [-0.05, 0) is 44.2 Å². The van der Waals surface area contributed by atoms with Crippen LogP contribution in [-0.4, -0.2) is 6.10 Å². The van der Waals surface area contributed by atoms with Crippen LogP contribution in [0.1, 0.15) is 13.8 Å². The van der Waals surface area contributed by atoms with Gasteiger partial charge in [0.2, 0.25) is 0 Å². The number of rotatable bonds is 4. The fourth-order valence-corrected chi connectivity index (χ4v) is 1.95. The Morgan fingerprint density at radius 1 is 1.10 bits per heavy atom. The molecule has 0 aliphatic heterocycles. The number of halogens is 2. The normalized spacial score (nSPS) is 10.7. The summed E-state index contributed by atoms with van der Waals surface area (Å²) in [5, 5.41) is 0. The maximum Gasteiger partial charge on any atom is 0.166 e. The molecule has 0 amide bonds. The van der Waals surface area contributed by atoms with Crippen LogP contribution in [0.4, 0.5) is 10.1 Å². The van der Waals surface area contributed by atoms with E-state index < -0.39 is 5.82 Å². The van der Waals surface area contributed by atoms with Crippen LogP contribution < -0.4 is 15.2 Å². The fraction of sp³-hybridized carbons (Fsp3) is 0.200. The summed E-state index contributed by atoms with van der Waals surface area (Å²) in [6.45, 7) is 3.81. The Morgan fingerprint density at radius 2 is 1.85 bits per heavy atom. The van der Waals surface area contributed by atoms with E-state index in [1.165, 1.54) is 6.07 Å². The minimum absolute atomic E-state index is 0.00281. The highest BCUT2D eigenvalue weighted by Crippen LogP contribution is 2.32. The standard InChI is InChI=1S/C15H15BrFNO2/c1-9(2)19-15-8-11(4-5-13(15)18)20-14-6-3-10(16)7-12(14)17/h3-9H,18H2,1-2H3. The average Bonchev–Trinajstić information content (AvgIpc) is 2.36. The topological polar surface area (TPSA) is 44.5 Å². The molecule has 0 unspecified atom stereocenters. The van der Waals surface area contributed by atoms with Gasteiger partial charge >= 0.3 is 0 Å². The van der Waals surface area contributed by atoms with Gasteiger partial charge in [0.25, 0.3) is 0 Å². The Labute approximate surface area is 125 Å². The highest BCUT2D eigenvalue weighted by atomic mass is 79.9. The van der Waals surface area contributed by atoms with E-state index in [0.29, 0.717) is 21.7 Å². The molecule has 106 valence electrons. The molecule has 0 fully saturated rings. The third-order valence-corrected chi connectivity index (χ3v) is 2.96. The van der Waals surface area contributed by atoms with Gasteiger partial charge in [0.05, 0.1) is 11.8 Å². The van der Waals surface area contributed by atoms with Gasteiger partial charge in [-0.15, -0.1) is 0 Å². The van der Waals surface area contributed by atoms with Gasteiger partial charge < -0.3 is 15.2 Å². The van der Waals surface area contributed by atoms with Crippen molar-refractivity contribution in [1.82, 2.24) is 0 Å². The summed E-state index contributed by atoms with van der Waals surface area (Å²) in [5.74, 6) is 0.696. The molecule has 2 rings (SSSR count). The first kappa shape index (κ1) is 14.7. The first-order chi connectivity index (χ1) is 9.45. The third kappa shape index (κ3) is 3.63. The second kappa shape index (κ2) is 6.13. The molecular formula is C15H15BrFNO2. The van der Waals surface area contributed by atoms with Crippen molar-refractivity contribution in [2.45, 2.75) is 20.0 Å². The smallest absolute Gasteiger partial charge is 0.166 e. The van der Waals surface area contributed by atoms with Crippen molar-refractivity contribution in [2.75, 3.05) is 5.73 Å². The van der Waals surface area contributed by atoms with Crippen LogP contribution in [0.2, 0.25) is 0 Å². The van der Waals surface area contributed by atoms with Crippen LogP contribution in [0.25, 0.3) is 0 Å².